The van der Waals surface area contributed by atoms with Crippen LogP contribution < -0.4 is 10.0 Å². The van der Waals surface area contributed by atoms with Crippen molar-refractivity contribution < 1.29 is 55.0 Å². The molecule has 1 aromatic rings. The molecule has 0 aromatic heterocycles. The number of methoxy groups -OCH3 is 1. The maximum Gasteiger partial charge on any atom is 0.508 e. The van der Waals surface area contributed by atoms with Gasteiger partial charge in [0.05, 0.1) is 7.11 Å². The van der Waals surface area contributed by atoms with E-state index in [1.807, 2.05) is 0 Å². The van der Waals surface area contributed by atoms with Gasteiger partial charge in [-0.2, -0.15) is 16.8 Å². The molecule has 1 aromatic carbocycles. The van der Waals surface area contributed by atoms with Gasteiger partial charge in [0.2, 0.25) is 0 Å². The lowest BCUT2D eigenvalue weighted by molar-refractivity contribution is -0.147. The third-order valence-electron chi connectivity index (χ3n) is 3.82. The minimum Gasteiger partial charge on any atom is -0.445 e. The summed E-state index contributed by atoms with van der Waals surface area (Å²) in [5.74, 6) is -0.960. The number of carbonyl (C=O) groups is 4. The molecule has 2 rings (SSSR count). The molecule has 4 amide bonds. The van der Waals surface area contributed by atoms with E-state index in [4.69, 9.17) is 20.2 Å². The highest BCUT2D eigenvalue weighted by atomic mass is 35.7. The van der Waals surface area contributed by atoms with E-state index in [1.165, 1.54) is 4.72 Å². The number of hydrogen-bond acceptors (Lipinski definition) is 12. The maximum absolute atomic E-state index is 12.2. The number of amides is 4. The van der Waals surface area contributed by atoms with Gasteiger partial charge in [-0.05, 0) is 5.56 Å². The Morgan fingerprint density at radius 1 is 1.11 bits per heavy atom. The number of likely N-dealkylation sites (tertiary alicyclic amines) is 1. The lowest BCUT2D eigenvalue weighted by atomic mass is 9.96. The molecule has 0 bridgehead atoms. The number of alkyl carbamates (subject to hydrolysis) is 1. The van der Waals surface area contributed by atoms with Gasteiger partial charge in [0.1, 0.15) is 25.3 Å². The molecule has 2 atom stereocenters. The molecule has 1 heterocycles. The van der Waals surface area contributed by atoms with Gasteiger partial charge in [0.15, 0.2) is 0 Å². The van der Waals surface area contributed by atoms with Gasteiger partial charge in [-0.3, -0.25) is 9.69 Å². The molecule has 2 N–H and O–H groups in total. The second kappa shape index (κ2) is 13.6. The van der Waals surface area contributed by atoms with Crippen molar-refractivity contribution in [3.63, 3.8) is 0 Å². The Morgan fingerprint density at radius 3 is 2.19 bits per heavy atom. The van der Waals surface area contributed by atoms with E-state index in [0.29, 0.717) is 10.5 Å². The Balaban J connectivity index is 0.000000809. The third kappa shape index (κ3) is 10.9. The van der Waals surface area contributed by atoms with Gasteiger partial charge in [-0.25, -0.2) is 23.9 Å². The predicted octanol–water partition coefficient (Wildman–Crippen LogP) is 0.274. The quantitative estimate of drug-likeness (QED) is 0.143. The number of halogens is 2. The van der Waals surface area contributed by atoms with Gasteiger partial charge >= 0.3 is 36.8 Å². The third-order valence-corrected chi connectivity index (χ3v) is 4.97. The zero-order valence-corrected chi connectivity index (χ0v) is 21.0. The molecule has 1 saturated heterocycles. The predicted molar refractivity (Wildman–Crippen MR) is 119 cm³/mol. The molecular formula is C16H16Cl2N4O12S2. The Labute approximate surface area is 212 Å². The molecule has 0 saturated carbocycles. The number of carbonyl (C=O) groups excluding carboxylic acids is 5. The van der Waals surface area contributed by atoms with E-state index in [0.717, 1.165) is 13.2 Å². The van der Waals surface area contributed by atoms with Crippen LogP contribution in [0.5, 0.6) is 0 Å². The minimum atomic E-state index is -4.47. The first-order valence-electron chi connectivity index (χ1n) is 8.99. The van der Waals surface area contributed by atoms with Crippen molar-refractivity contribution in [1.82, 2.24) is 14.9 Å². The Morgan fingerprint density at radius 2 is 1.72 bits per heavy atom. The first-order valence-corrected chi connectivity index (χ1v) is 13.6. The summed E-state index contributed by atoms with van der Waals surface area (Å²) in [7, 11) is 1.87. The number of isocyanates is 1. The second-order valence-electron chi connectivity index (χ2n) is 6.16. The van der Waals surface area contributed by atoms with Crippen molar-refractivity contribution >= 4 is 70.1 Å². The number of imide groups is 1. The van der Waals surface area contributed by atoms with Crippen LogP contribution in [0.25, 0.3) is 0 Å². The molecule has 198 valence electrons. The number of β-lactam (4-membered cyclic amide) rings is 1. The number of hydrogen-bond donors (Lipinski definition) is 2. The monoisotopic (exact) mass is 590 g/mol. The summed E-state index contributed by atoms with van der Waals surface area (Å²) < 4.78 is 58.6. The molecule has 1 aliphatic heterocycles. The fourth-order valence-corrected chi connectivity index (χ4v) is 3.10. The van der Waals surface area contributed by atoms with E-state index >= 15 is 0 Å². The van der Waals surface area contributed by atoms with Crippen LogP contribution in [-0.2, 0) is 48.9 Å². The standard InChI is InChI=1S/C15H16ClN3O9S.CClNO3S/c1-26-15(23)28-8-10-11(12(20)19(10)13(21)18-29(16,24)25)17-14(22)27-7-9-5-3-2-4-6-9;2-7(5,6)3-1-4/h2-6,10-11H,7-8H2,1H3,(H,17,22)(H,18,21);. The number of urea groups is 1. The van der Waals surface area contributed by atoms with Gasteiger partial charge in [-0.1, -0.05) is 34.7 Å². The highest BCUT2D eigenvalue weighted by Crippen LogP contribution is 2.22. The second-order valence-corrected chi connectivity index (χ2v) is 10.6. The van der Waals surface area contributed by atoms with Crippen LogP contribution in [0.2, 0.25) is 0 Å². The van der Waals surface area contributed by atoms with Crippen molar-refractivity contribution in [3.8, 4) is 0 Å². The topological polar surface area (TPSA) is 221 Å². The van der Waals surface area contributed by atoms with Crippen molar-refractivity contribution in [2.75, 3.05) is 13.7 Å². The summed E-state index contributed by atoms with van der Waals surface area (Å²) in [5.41, 5.74) is 0.696. The summed E-state index contributed by atoms with van der Waals surface area (Å²) in [6.45, 7) is -0.649. The highest BCUT2D eigenvalue weighted by Gasteiger charge is 2.53. The van der Waals surface area contributed by atoms with Gasteiger partial charge in [0.25, 0.3) is 12.0 Å². The molecule has 1 fully saturated rings. The van der Waals surface area contributed by atoms with Crippen LogP contribution in [0.4, 0.5) is 14.4 Å². The van der Waals surface area contributed by atoms with Crippen LogP contribution >= 0.6 is 21.4 Å². The highest BCUT2D eigenvalue weighted by molar-refractivity contribution is 8.13. The summed E-state index contributed by atoms with van der Waals surface area (Å²) in [6, 6.07) is 4.79. The number of rotatable bonds is 7. The average Bonchev–Trinajstić information content (AvgIpc) is 2.77. The van der Waals surface area contributed by atoms with E-state index in [2.05, 4.69) is 29.9 Å². The molecule has 16 nitrogen and oxygen atoms in total. The molecule has 2 unspecified atom stereocenters. The smallest absolute Gasteiger partial charge is 0.445 e. The summed E-state index contributed by atoms with van der Waals surface area (Å²) in [6.07, 6.45) is -1.32. The zero-order chi connectivity index (χ0) is 27.5. The van der Waals surface area contributed by atoms with Crippen molar-refractivity contribution in [1.29, 1.82) is 0 Å². The van der Waals surface area contributed by atoms with E-state index < -0.39 is 61.4 Å². The lowest BCUT2D eigenvalue weighted by Gasteiger charge is -2.44. The summed E-state index contributed by atoms with van der Waals surface area (Å²) in [4.78, 5) is 56.8. The van der Waals surface area contributed by atoms with Crippen molar-refractivity contribution in [3.05, 3.63) is 35.9 Å². The first kappa shape index (κ1) is 30.6. The molecule has 0 aliphatic carbocycles. The summed E-state index contributed by atoms with van der Waals surface area (Å²) in [5, 5.41) is 2.23. The van der Waals surface area contributed by atoms with E-state index in [1.54, 1.807) is 30.3 Å². The van der Waals surface area contributed by atoms with E-state index in [9.17, 15) is 36.0 Å². The molecule has 1 aliphatic rings. The fourth-order valence-electron chi connectivity index (χ4n) is 2.43. The first-order chi connectivity index (χ1) is 16.7. The molecular weight excluding hydrogens is 575 g/mol. The average molecular weight is 591 g/mol. The molecule has 0 spiro atoms. The van der Waals surface area contributed by atoms with Crippen LogP contribution in [-0.4, -0.2) is 77.8 Å². The van der Waals surface area contributed by atoms with Crippen LogP contribution in [0.3, 0.4) is 0 Å². The Kier molecular flexibility index (Phi) is 11.6. The Hall–Kier alpha value is -3.44. The van der Waals surface area contributed by atoms with Crippen LogP contribution in [0.1, 0.15) is 5.56 Å². The van der Waals surface area contributed by atoms with Gasteiger partial charge < -0.3 is 19.5 Å². The van der Waals surface area contributed by atoms with E-state index in [-0.39, 0.29) is 6.61 Å². The SMILES string of the molecule is COC(=O)OCC1C(NC(=O)OCc2ccccc2)C(=O)N1C(=O)NS(=O)(=O)Cl.O=C=NS(=O)(=O)Cl. The minimum absolute atomic E-state index is 0.0778. The lowest BCUT2D eigenvalue weighted by Crippen LogP contribution is -2.74. The Bertz CT molecular complexity index is 1240. The normalized spacial score (nSPS) is 16.6. The van der Waals surface area contributed by atoms with Crippen molar-refractivity contribution in [2.24, 2.45) is 4.40 Å². The van der Waals surface area contributed by atoms with Crippen LogP contribution in [0.15, 0.2) is 34.7 Å². The summed E-state index contributed by atoms with van der Waals surface area (Å²) >= 11 is 0. The largest absolute Gasteiger partial charge is 0.508 e. The molecule has 20 heteroatoms. The number of nitrogens with zero attached hydrogens (tertiary/aromatic N) is 2. The number of nitrogens with one attached hydrogen (secondary N) is 2. The maximum atomic E-state index is 12.2. The molecule has 36 heavy (non-hydrogen) atoms. The number of ether oxygens (including phenoxy) is 3. The zero-order valence-electron chi connectivity index (χ0n) is 17.8. The fraction of sp³-hybridized carbons (Fsp3) is 0.312. The molecule has 0 radical (unpaired) electrons. The van der Waals surface area contributed by atoms with Crippen LogP contribution in [0, 0.1) is 0 Å². The van der Waals surface area contributed by atoms with Crippen molar-refractivity contribution in [2.45, 2.75) is 18.7 Å². The number of benzene rings is 1. The van der Waals surface area contributed by atoms with Gasteiger partial charge in [-0.15, -0.1) is 0 Å². The van der Waals surface area contributed by atoms with Gasteiger partial charge in [0, 0.05) is 21.4 Å².